The van der Waals surface area contributed by atoms with E-state index in [4.69, 9.17) is 4.74 Å². The highest BCUT2D eigenvalue weighted by Crippen LogP contribution is 2.50. The van der Waals surface area contributed by atoms with Crippen molar-refractivity contribution in [2.75, 3.05) is 33.4 Å². The summed E-state index contributed by atoms with van der Waals surface area (Å²) in [6, 6.07) is 13.9. The minimum atomic E-state index is -4.18. The SMILES string of the molecule is CCN(CCO)S(=O)(=O)NC(=O)c1nc(CN(CCCc2cccc(F)c2)C(=O)C2(c3ccc(OC)cc3)CC2)sc1C. The monoisotopic (exact) mass is 632 g/mol. The van der Waals surface area contributed by atoms with Crippen LogP contribution in [0.3, 0.4) is 0 Å². The quantitative estimate of drug-likeness (QED) is 0.262. The number of aliphatic hydroxyl groups is 1. The number of carbonyl (C=O) groups is 2. The summed E-state index contributed by atoms with van der Waals surface area (Å²) < 4.78 is 47.3. The number of nitrogens with zero attached hydrogens (tertiary/aromatic N) is 3. The van der Waals surface area contributed by atoms with E-state index in [0.29, 0.717) is 47.9 Å². The molecule has 1 aliphatic rings. The van der Waals surface area contributed by atoms with Crippen LogP contribution in [0, 0.1) is 12.7 Å². The van der Waals surface area contributed by atoms with Crippen molar-refractivity contribution in [1.82, 2.24) is 18.9 Å². The average Bonchev–Trinajstić information content (AvgIpc) is 3.71. The van der Waals surface area contributed by atoms with E-state index in [9.17, 15) is 27.5 Å². The Morgan fingerprint density at radius 2 is 1.88 bits per heavy atom. The molecule has 232 valence electrons. The molecule has 13 heteroatoms. The van der Waals surface area contributed by atoms with Crippen LogP contribution in [0.5, 0.6) is 5.75 Å². The van der Waals surface area contributed by atoms with E-state index in [-0.39, 0.29) is 43.7 Å². The smallest absolute Gasteiger partial charge is 0.304 e. The van der Waals surface area contributed by atoms with Crippen molar-refractivity contribution in [2.45, 2.75) is 51.5 Å². The molecule has 2 aromatic carbocycles. The van der Waals surface area contributed by atoms with Gasteiger partial charge in [0.2, 0.25) is 5.91 Å². The van der Waals surface area contributed by atoms with Gasteiger partial charge in [0.25, 0.3) is 5.91 Å². The second kappa shape index (κ2) is 13.9. The number of aryl methyl sites for hydroxylation is 2. The summed E-state index contributed by atoms with van der Waals surface area (Å²) in [4.78, 5) is 33.7. The molecule has 3 aromatic rings. The average molecular weight is 633 g/mol. The van der Waals surface area contributed by atoms with Gasteiger partial charge in [0.15, 0.2) is 0 Å². The third-order valence-corrected chi connectivity index (χ3v) is 10.0. The first-order valence-corrected chi connectivity index (χ1v) is 16.4. The lowest BCUT2D eigenvalue weighted by molar-refractivity contribution is -0.134. The lowest BCUT2D eigenvalue weighted by atomic mass is 9.94. The molecule has 0 radical (unpaired) electrons. The molecule has 2 N–H and O–H groups in total. The topological polar surface area (TPSA) is 129 Å². The number of benzene rings is 2. The van der Waals surface area contributed by atoms with Gasteiger partial charge in [0, 0.05) is 24.5 Å². The van der Waals surface area contributed by atoms with Crippen molar-refractivity contribution in [2.24, 2.45) is 0 Å². The highest BCUT2D eigenvalue weighted by atomic mass is 32.2. The molecule has 2 amide bonds. The molecular formula is C30H37FN4O6S2. The Labute approximate surface area is 255 Å². The Balaban J connectivity index is 1.54. The Bertz CT molecular complexity index is 1540. The maximum Gasteiger partial charge on any atom is 0.304 e. The van der Waals surface area contributed by atoms with E-state index in [1.165, 1.54) is 23.5 Å². The second-order valence-electron chi connectivity index (χ2n) is 10.4. The first kappa shape index (κ1) is 32.5. The lowest BCUT2D eigenvalue weighted by Gasteiger charge is -2.27. The van der Waals surface area contributed by atoms with Crippen molar-refractivity contribution in [3.63, 3.8) is 0 Å². The minimum Gasteiger partial charge on any atom is -0.497 e. The summed E-state index contributed by atoms with van der Waals surface area (Å²) in [6.07, 6.45) is 2.55. The van der Waals surface area contributed by atoms with Crippen molar-refractivity contribution in [3.8, 4) is 5.75 Å². The largest absolute Gasteiger partial charge is 0.497 e. The maximum atomic E-state index is 14.1. The van der Waals surface area contributed by atoms with Crippen LogP contribution >= 0.6 is 11.3 Å². The third-order valence-electron chi connectivity index (χ3n) is 7.52. The van der Waals surface area contributed by atoms with Gasteiger partial charge in [-0.05, 0) is 68.0 Å². The fraction of sp³-hybridized carbons (Fsp3) is 0.433. The van der Waals surface area contributed by atoms with Crippen LogP contribution < -0.4 is 9.46 Å². The van der Waals surface area contributed by atoms with Crippen molar-refractivity contribution in [1.29, 1.82) is 0 Å². The van der Waals surface area contributed by atoms with Crippen molar-refractivity contribution < 1.29 is 32.2 Å². The fourth-order valence-corrected chi connectivity index (χ4v) is 7.13. The van der Waals surface area contributed by atoms with Crippen LogP contribution in [0.2, 0.25) is 0 Å². The summed E-state index contributed by atoms with van der Waals surface area (Å²) in [6.45, 7) is 3.33. The number of carbonyl (C=O) groups excluding carboxylic acids is 2. The number of likely N-dealkylation sites (N-methyl/N-ethyl adjacent to an activating group) is 1. The number of methoxy groups -OCH3 is 1. The molecule has 4 rings (SSSR count). The van der Waals surface area contributed by atoms with Gasteiger partial charge in [-0.25, -0.2) is 14.1 Å². The summed E-state index contributed by atoms with van der Waals surface area (Å²) in [5, 5.41) is 9.66. The van der Waals surface area contributed by atoms with Gasteiger partial charge in [0.1, 0.15) is 22.3 Å². The van der Waals surface area contributed by atoms with E-state index < -0.39 is 21.5 Å². The van der Waals surface area contributed by atoms with Gasteiger partial charge in [-0.15, -0.1) is 11.3 Å². The zero-order valence-electron chi connectivity index (χ0n) is 24.5. The van der Waals surface area contributed by atoms with E-state index in [2.05, 4.69) is 4.98 Å². The molecular weight excluding hydrogens is 595 g/mol. The Kier molecular flexibility index (Phi) is 10.5. The molecule has 0 saturated heterocycles. The Morgan fingerprint density at radius 1 is 1.16 bits per heavy atom. The van der Waals surface area contributed by atoms with Gasteiger partial charge < -0.3 is 14.7 Å². The standard InChI is InChI=1S/C30H37FN4O6S2/c1-4-35(17-18-36)43(39,40)33-28(37)27-21(2)42-26(32-27)20-34(16-6-8-22-7-5-9-24(31)19-22)29(38)30(14-15-30)23-10-12-25(41-3)13-11-23/h5,7,9-13,19,36H,4,6,8,14-18,20H2,1-3H3,(H,33,37). The van der Waals surface area contributed by atoms with Gasteiger partial charge in [-0.3, -0.25) is 9.59 Å². The zero-order valence-corrected chi connectivity index (χ0v) is 26.1. The number of aromatic nitrogens is 1. The number of hydrogen-bond donors (Lipinski definition) is 2. The molecule has 10 nitrogen and oxygen atoms in total. The second-order valence-corrected chi connectivity index (χ2v) is 13.4. The van der Waals surface area contributed by atoms with Crippen molar-refractivity contribution in [3.05, 3.63) is 81.1 Å². The number of aliphatic hydroxyl groups excluding tert-OH is 1. The highest BCUT2D eigenvalue weighted by Gasteiger charge is 2.53. The summed E-state index contributed by atoms with van der Waals surface area (Å²) in [7, 11) is -2.59. The van der Waals surface area contributed by atoms with Crippen LogP contribution in [0.1, 0.15) is 57.7 Å². The summed E-state index contributed by atoms with van der Waals surface area (Å²) >= 11 is 1.22. The number of halogens is 1. The molecule has 0 atom stereocenters. The molecule has 1 heterocycles. The first-order chi connectivity index (χ1) is 20.5. The van der Waals surface area contributed by atoms with Crippen LogP contribution in [-0.2, 0) is 33.4 Å². The van der Waals surface area contributed by atoms with E-state index >= 15 is 0 Å². The normalized spacial score (nSPS) is 14.0. The number of amides is 2. The zero-order chi connectivity index (χ0) is 31.2. The van der Waals surface area contributed by atoms with E-state index in [1.54, 1.807) is 31.9 Å². The number of hydrogen-bond acceptors (Lipinski definition) is 8. The van der Waals surface area contributed by atoms with E-state index in [0.717, 1.165) is 15.4 Å². The highest BCUT2D eigenvalue weighted by molar-refractivity contribution is 7.87. The molecule has 1 fully saturated rings. The van der Waals surface area contributed by atoms with Crippen LogP contribution in [0.15, 0.2) is 48.5 Å². The molecule has 1 saturated carbocycles. The van der Waals surface area contributed by atoms with Crippen LogP contribution in [0.25, 0.3) is 0 Å². The predicted octanol–water partition coefficient (Wildman–Crippen LogP) is 3.58. The molecule has 43 heavy (non-hydrogen) atoms. The Morgan fingerprint density at radius 3 is 2.49 bits per heavy atom. The number of rotatable bonds is 15. The minimum absolute atomic E-state index is 0.0351. The first-order valence-electron chi connectivity index (χ1n) is 14.1. The lowest BCUT2D eigenvalue weighted by Crippen LogP contribution is -2.44. The predicted molar refractivity (Wildman–Crippen MR) is 162 cm³/mol. The van der Waals surface area contributed by atoms with Gasteiger partial charge in [-0.2, -0.15) is 12.7 Å². The number of thiazole rings is 1. The molecule has 1 aliphatic carbocycles. The van der Waals surface area contributed by atoms with Crippen LogP contribution in [0.4, 0.5) is 4.39 Å². The third kappa shape index (κ3) is 7.77. The van der Waals surface area contributed by atoms with Gasteiger partial charge >= 0.3 is 10.2 Å². The van der Waals surface area contributed by atoms with Gasteiger partial charge in [-0.1, -0.05) is 31.2 Å². The van der Waals surface area contributed by atoms with Crippen molar-refractivity contribution >= 4 is 33.4 Å². The summed E-state index contributed by atoms with van der Waals surface area (Å²) in [5.74, 6) is -0.548. The fourth-order valence-electron chi connectivity index (χ4n) is 5.07. The van der Waals surface area contributed by atoms with Crippen LogP contribution in [-0.4, -0.2) is 72.9 Å². The Hall–Kier alpha value is -3.39. The molecule has 0 aliphatic heterocycles. The number of nitrogens with one attached hydrogen (secondary N) is 1. The molecule has 0 bridgehead atoms. The maximum absolute atomic E-state index is 14.1. The summed E-state index contributed by atoms with van der Waals surface area (Å²) in [5.41, 5.74) is 1.03. The van der Waals surface area contributed by atoms with Gasteiger partial charge in [0.05, 0.1) is 25.7 Å². The number of ether oxygens (including phenoxy) is 1. The van der Waals surface area contributed by atoms with E-state index in [1.807, 2.05) is 35.1 Å². The molecule has 0 unspecified atom stereocenters. The molecule has 0 spiro atoms. The molecule has 1 aromatic heterocycles.